The molecule has 33 heavy (non-hydrogen) atoms. The monoisotopic (exact) mass is 466 g/mol. The minimum absolute atomic E-state index is 0.136. The minimum atomic E-state index is -3.92. The second kappa shape index (κ2) is 11.0. The van der Waals surface area contributed by atoms with E-state index in [2.05, 4.69) is 19.2 Å². The van der Waals surface area contributed by atoms with Crippen LogP contribution >= 0.6 is 0 Å². The largest absolute Gasteiger partial charge is 0.494 e. The molecule has 0 aliphatic carbocycles. The Labute approximate surface area is 196 Å². The van der Waals surface area contributed by atoms with Gasteiger partial charge >= 0.3 is 0 Å². The first-order chi connectivity index (χ1) is 15.8. The number of benzene rings is 3. The number of amides is 1. The Morgan fingerprint density at radius 3 is 2.15 bits per heavy atom. The zero-order chi connectivity index (χ0) is 23.8. The van der Waals surface area contributed by atoms with E-state index < -0.39 is 15.9 Å². The highest BCUT2D eigenvalue weighted by Gasteiger charge is 2.27. The van der Waals surface area contributed by atoms with Crippen LogP contribution in [0.2, 0.25) is 0 Å². The topological polar surface area (TPSA) is 75.7 Å². The average molecular weight is 467 g/mol. The summed E-state index contributed by atoms with van der Waals surface area (Å²) in [7, 11) is -3.92. The summed E-state index contributed by atoms with van der Waals surface area (Å²) in [6.07, 6.45) is 0. The van der Waals surface area contributed by atoms with Crippen molar-refractivity contribution in [2.24, 2.45) is 0 Å². The van der Waals surface area contributed by atoms with Gasteiger partial charge in [-0.2, -0.15) is 0 Å². The fourth-order valence-corrected chi connectivity index (χ4v) is 4.76. The lowest BCUT2D eigenvalue weighted by Crippen LogP contribution is -2.40. The van der Waals surface area contributed by atoms with E-state index >= 15 is 0 Å². The molecule has 0 heterocycles. The third-order valence-corrected chi connectivity index (χ3v) is 6.98. The molecule has 3 rings (SSSR count). The number of nitrogens with one attached hydrogen (secondary N) is 1. The zero-order valence-electron chi connectivity index (χ0n) is 19.2. The summed E-state index contributed by atoms with van der Waals surface area (Å²) in [6, 6.07) is 22.8. The highest BCUT2D eigenvalue weighted by Crippen LogP contribution is 2.25. The molecule has 0 saturated heterocycles. The van der Waals surface area contributed by atoms with Crippen molar-refractivity contribution >= 4 is 21.6 Å². The van der Waals surface area contributed by atoms with E-state index in [4.69, 9.17) is 4.74 Å². The van der Waals surface area contributed by atoms with E-state index in [1.807, 2.05) is 43.3 Å². The van der Waals surface area contributed by atoms with Gasteiger partial charge in [0.25, 0.3) is 10.0 Å². The van der Waals surface area contributed by atoms with Crippen molar-refractivity contribution in [3.8, 4) is 5.75 Å². The predicted octanol–water partition coefficient (Wildman–Crippen LogP) is 4.72. The third kappa shape index (κ3) is 6.35. The van der Waals surface area contributed by atoms with Crippen LogP contribution in [-0.2, 0) is 21.4 Å². The van der Waals surface area contributed by atoms with Crippen LogP contribution in [0.5, 0.6) is 5.75 Å². The number of rotatable bonds is 10. The van der Waals surface area contributed by atoms with E-state index in [1.54, 1.807) is 30.3 Å². The maximum Gasteiger partial charge on any atom is 0.264 e. The van der Waals surface area contributed by atoms with Crippen LogP contribution in [0.25, 0.3) is 0 Å². The quantitative estimate of drug-likeness (QED) is 0.469. The Morgan fingerprint density at radius 2 is 1.58 bits per heavy atom. The first-order valence-corrected chi connectivity index (χ1v) is 12.4. The molecule has 0 aromatic heterocycles. The van der Waals surface area contributed by atoms with Gasteiger partial charge in [0, 0.05) is 6.54 Å². The Hall–Kier alpha value is -3.32. The molecule has 0 fully saturated rings. The summed E-state index contributed by atoms with van der Waals surface area (Å²) in [4.78, 5) is 12.9. The van der Waals surface area contributed by atoms with Crippen molar-refractivity contribution in [3.05, 3.63) is 90.0 Å². The van der Waals surface area contributed by atoms with Crippen LogP contribution in [0.4, 0.5) is 5.69 Å². The van der Waals surface area contributed by atoms with Gasteiger partial charge in [0.15, 0.2) is 0 Å². The van der Waals surface area contributed by atoms with E-state index in [0.717, 1.165) is 21.2 Å². The van der Waals surface area contributed by atoms with Crippen molar-refractivity contribution in [3.63, 3.8) is 0 Å². The van der Waals surface area contributed by atoms with Crippen molar-refractivity contribution in [2.75, 3.05) is 17.5 Å². The Bertz CT molecular complexity index is 1140. The van der Waals surface area contributed by atoms with Gasteiger partial charge in [-0.05, 0) is 60.4 Å². The van der Waals surface area contributed by atoms with E-state index in [1.165, 1.54) is 12.1 Å². The van der Waals surface area contributed by atoms with Gasteiger partial charge in [-0.3, -0.25) is 9.10 Å². The first kappa shape index (κ1) is 24.3. The van der Waals surface area contributed by atoms with Crippen LogP contribution in [0.15, 0.2) is 83.8 Å². The number of ether oxygens (including phenoxy) is 1. The normalized spacial score (nSPS) is 11.3. The summed E-state index contributed by atoms with van der Waals surface area (Å²) >= 11 is 0. The molecule has 0 atom stereocenters. The van der Waals surface area contributed by atoms with Crippen molar-refractivity contribution in [2.45, 2.75) is 38.1 Å². The van der Waals surface area contributed by atoms with Gasteiger partial charge in [0.1, 0.15) is 12.3 Å². The molecule has 1 N–H and O–H groups in total. The molecule has 0 radical (unpaired) electrons. The fraction of sp³-hybridized carbons (Fsp3) is 0.269. The van der Waals surface area contributed by atoms with Gasteiger partial charge in [-0.15, -0.1) is 0 Å². The second-order valence-corrected chi connectivity index (χ2v) is 9.79. The van der Waals surface area contributed by atoms with Gasteiger partial charge in [0.2, 0.25) is 5.91 Å². The number of nitrogens with zero attached hydrogens (tertiary/aromatic N) is 1. The molecule has 3 aromatic carbocycles. The molecular formula is C26H30N2O4S. The maximum absolute atomic E-state index is 13.4. The Morgan fingerprint density at radius 1 is 0.939 bits per heavy atom. The molecule has 0 saturated carbocycles. The smallest absolute Gasteiger partial charge is 0.264 e. The lowest BCUT2D eigenvalue weighted by atomic mass is 10.0. The van der Waals surface area contributed by atoms with E-state index in [-0.39, 0.29) is 18.0 Å². The molecule has 0 unspecified atom stereocenters. The number of sulfonamides is 1. The zero-order valence-corrected chi connectivity index (χ0v) is 20.0. The number of carbonyl (C=O) groups is 1. The lowest BCUT2D eigenvalue weighted by molar-refractivity contribution is -0.119. The molecule has 0 bridgehead atoms. The number of carbonyl (C=O) groups excluding carboxylic acids is 1. The molecule has 0 spiro atoms. The predicted molar refractivity (Wildman–Crippen MR) is 131 cm³/mol. The van der Waals surface area contributed by atoms with Gasteiger partial charge < -0.3 is 10.1 Å². The Kier molecular flexibility index (Phi) is 8.11. The lowest BCUT2D eigenvalue weighted by Gasteiger charge is -2.24. The molecule has 1 amide bonds. The number of anilines is 1. The molecule has 174 valence electrons. The number of hydrogen-bond donors (Lipinski definition) is 1. The molecule has 3 aromatic rings. The molecule has 0 aliphatic rings. The van der Waals surface area contributed by atoms with Crippen LogP contribution in [0.1, 0.15) is 37.8 Å². The molecule has 0 aliphatic heterocycles. The minimum Gasteiger partial charge on any atom is -0.494 e. The van der Waals surface area contributed by atoms with Crippen molar-refractivity contribution < 1.29 is 17.9 Å². The standard InChI is InChI=1S/C26H30N2O4S/c1-4-32-24-16-10-21(11-17-24)18-27-26(29)19-28(23-14-12-22(13-15-23)20(2)3)33(30,31)25-8-6-5-7-9-25/h5-17,20H,4,18-19H2,1-3H3,(H,27,29). The van der Waals surface area contributed by atoms with Gasteiger partial charge in [-0.1, -0.05) is 56.3 Å². The highest BCUT2D eigenvalue weighted by atomic mass is 32.2. The fourth-order valence-electron chi connectivity index (χ4n) is 3.32. The Balaban J connectivity index is 1.79. The van der Waals surface area contributed by atoms with Gasteiger partial charge in [0.05, 0.1) is 17.2 Å². The summed E-state index contributed by atoms with van der Waals surface area (Å²) < 4.78 is 33.4. The van der Waals surface area contributed by atoms with Gasteiger partial charge in [-0.25, -0.2) is 8.42 Å². The average Bonchev–Trinajstić information content (AvgIpc) is 2.83. The van der Waals surface area contributed by atoms with Crippen LogP contribution in [0.3, 0.4) is 0 Å². The van der Waals surface area contributed by atoms with Crippen LogP contribution < -0.4 is 14.4 Å². The van der Waals surface area contributed by atoms with Crippen LogP contribution in [0, 0.1) is 0 Å². The molecule has 7 heteroatoms. The first-order valence-electron chi connectivity index (χ1n) is 11.0. The van der Waals surface area contributed by atoms with E-state index in [0.29, 0.717) is 18.2 Å². The summed E-state index contributed by atoms with van der Waals surface area (Å²) in [5.74, 6) is 0.685. The molecule has 6 nitrogen and oxygen atoms in total. The summed E-state index contributed by atoms with van der Waals surface area (Å²) in [5.41, 5.74) is 2.43. The number of hydrogen-bond acceptors (Lipinski definition) is 4. The van der Waals surface area contributed by atoms with Crippen LogP contribution in [-0.4, -0.2) is 27.5 Å². The highest BCUT2D eigenvalue weighted by molar-refractivity contribution is 7.92. The third-order valence-electron chi connectivity index (χ3n) is 5.19. The van der Waals surface area contributed by atoms with E-state index in [9.17, 15) is 13.2 Å². The summed E-state index contributed by atoms with van der Waals surface area (Å²) in [6.45, 7) is 6.61. The second-order valence-electron chi connectivity index (χ2n) is 7.92. The maximum atomic E-state index is 13.4. The molecular weight excluding hydrogens is 436 g/mol. The SMILES string of the molecule is CCOc1ccc(CNC(=O)CN(c2ccc(C(C)C)cc2)S(=O)(=O)c2ccccc2)cc1. The van der Waals surface area contributed by atoms with Crippen molar-refractivity contribution in [1.29, 1.82) is 0 Å². The summed E-state index contributed by atoms with van der Waals surface area (Å²) in [5, 5.41) is 2.82. The van der Waals surface area contributed by atoms with Crippen molar-refractivity contribution in [1.82, 2.24) is 5.32 Å².